The van der Waals surface area contributed by atoms with Crippen LogP contribution in [0.3, 0.4) is 0 Å². The van der Waals surface area contributed by atoms with Gasteiger partial charge in [0.1, 0.15) is 12.4 Å². The number of benzene rings is 2. The predicted molar refractivity (Wildman–Crippen MR) is 79.5 cm³/mol. The standard InChI is InChI=1S/C17H21NO/c1-15-8-6-7-11-17(15)19-13-12-18(2)14-16-9-4-3-5-10-16/h3-11H,12-14H2,1-2H3. The van der Waals surface area contributed by atoms with Gasteiger partial charge in [0.05, 0.1) is 0 Å². The first kappa shape index (κ1) is 13.6. The van der Waals surface area contributed by atoms with Gasteiger partial charge in [-0.3, -0.25) is 4.90 Å². The molecule has 0 radical (unpaired) electrons. The molecule has 100 valence electrons. The lowest BCUT2D eigenvalue weighted by Gasteiger charge is -2.17. The summed E-state index contributed by atoms with van der Waals surface area (Å²) in [4.78, 5) is 2.27. The molecule has 2 heteroatoms. The van der Waals surface area contributed by atoms with E-state index in [1.54, 1.807) is 0 Å². The Bertz CT molecular complexity index is 496. The third-order valence-corrected chi connectivity index (χ3v) is 3.12. The molecule has 0 fully saturated rings. The van der Waals surface area contributed by atoms with Gasteiger partial charge in [-0.05, 0) is 31.2 Å². The number of likely N-dealkylation sites (N-methyl/N-ethyl adjacent to an activating group) is 1. The van der Waals surface area contributed by atoms with Crippen LogP contribution in [0.2, 0.25) is 0 Å². The fourth-order valence-corrected chi connectivity index (χ4v) is 2.00. The highest BCUT2D eigenvalue weighted by Crippen LogP contribution is 2.15. The van der Waals surface area contributed by atoms with Crippen LogP contribution in [0.4, 0.5) is 0 Å². The molecular formula is C17H21NO. The van der Waals surface area contributed by atoms with E-state index in [4.69, 9.17) is 4.74 Å². The monoisotopic (exact) mass is 255 g/mol. The summed E-state index contributed by atoms with van der Waals surface area (Å²) >= 11 is 0. The molecule has 0 heterocycles. The maximum atomic E-state index is 5.80. The maximum Gasteiger partial charge on any atom is 0.122 e. The molecule has 0 bridgehead atoms. The van der Waals surface area contributed by atoms with Crippen molar-refractivity contribution in [1.29, 1.82) is 0 Å². The first-order chi connectivity index (χ1) is 9.25. The Labute approximate surface area is 115 Å². The Hall–Kier alpha value is -1.80. The molecule has 0 spiro atoms. The van der Waals surface area contributed by atoms with Crippen LogP contribution in [-0.4, -0.2) is 25.1 Å². The van der Waals surface area contributed by atoms with E-state index in [9.17, 15) is 0 Å². The van der Waals surface area contributed by atoms with E-state index in [-0.39, 0.29) is 0 Å². The van der Waals surface area contributed by atoms with Crippen molar-refractivity contribution in [3.63, 3.8) is 0 Å². The Kier molecular flexibility index (Phi) is 4.99. The van der Waals surface area contributed by atoms with E-state index in [2.05, 4.69) is 49.2 Å². The first-order valence-corrected chi connectivity index (χ1v) is 6.66. The zero-order valence-corrected chi connectivity index (χ0v) is 11.7. The minimum Gasteiger partial charge on any atom is -0.492 e. The summed E-state index contributed by atoms with van der Waals surface area (Å²) in [6, 6.07) is 18.6. The van der Waals surface area contributed by atoms with Crippen molar-refractivity contribution in [2.75, 3.05) is 20.2 Å². The molecule has 0 aromatic heterocycles. The van der Waals surface area contributed by atoms with E-state index in [0.29, 0.717) is 6.61 Å². The summed E-state index contributed by atoms with van der Waals surface area (Å²) in [6.07, 6.45) is 0. The molecule has 0 N–H and O–H groups in total. The number of aryl methyl sites for hydroxylation is 1. The Morgan fingerprint density at radius 1 is 0.947 bits per heavy atom. The average molecular weight is 255 g/mol. The molecule has 2 aromatic carbocycles. The van der Waals surface area contributed by atoms with Crippen molar-refractivity contribution in [2.24, 2.45) is 0 Å². The van der Waals surface area contributed by atoms with Crippen LogP contribution in [0.25, 0.3) is 0 Å². The van der Waals surface area contributed by atoms with Crippen LogP contribution < -0.4 is 4.74 Å². The first-order valence-electron chi connectivity index (χ1n) is 6.66. The van der Waals surface area contributed by atoms with Gasteiger partial charge in [-0.15, -0.1) is 0 Å². The van der Waals surface area contributed by atoms with Gasteiger partial charge in [0.15, 0.2) is 0 Å². The minimum atomic E-state index is 0.716. The number of hydrogen-bond acceptors (Lipinski definition) is 2. The van der Waals surface area contributed by atoms with Gasteiger partial charge in [0.2, 0.25) is 0 Å². The van der Waals surface area contributed by atoms with E-state index in [1.807, 2.05) is 24.3 Å². The third kappa shape index (κ3) is 4.42. The van der Waals surface area contributed by atoms with Crippen molar-refractivity contribution in [3.8, 4) is 5.75 Å². The van der Waals surface area contributed by atoms with Gasteiger partial charge in [-0.1, -0.05) is 48.5 Å². The Morgan fingerprint density at radius 2 is 1.63 bits per heavy atom. The molecule has 0 aliphatic carbocycles. The Morgan fingerprint density at radius 3 is 2.37 bits per heavy atom. The molecule has 2 aromatic rings. The van der Waals surface area contributed by atoms with Gasteiger partial charge in [0.25, 0.3) is 0 Å². The SMILES string of the molecule is Cc1ccccc1OCCN(C)Cc1ccccc1. The van der Waals surface area contributed by atoms with Gasteiger partial charge in [0, 0.05) is 13.1 Å². The zero-order chi connectivity index (χ0) is 13.5. The molecular weight excluding hydrogens is 234 g/mol. The van der Waals surface area contributed by atoms with Crippen LogP contribution in [-0.2, 0) is 6.54 Å². The van der Waals surface area contributed by atoms with E-state index >= 15 is 0 Å². The number of rotatable bonds is 6. The van der Waals surface area contributed by atoms with Gasteiger partial charge in [-0.2, -0.15) is 0 Å². The van der Waals surface area contributed by atoms with Crippen molar-refractivity contribution < 1.29 is 4.74 Å². The molecule has 0 aliphatic heterocycles. The summed E-state index contributed by atoms with van der Waals surface area (Å²) in [5, 5.41) is 0. The average Bonchev–Trinajstić information content (AvgIpc) is 2.42. The van der Waals surface area contributed by atoms with E-state index in [0.717, 1.165) is 18.8 Å². The second-order valence-corrected chi connectivity index (χ2v) is 4.84. The lowest BCUT2D eigenvalue weighted by Crippen LogP contribution is -2.23. The molecule has 2 nitrogen and oxygen atoms in total. The van der Waals surface area contributed by atoms with E-state index in [1.165, 1.54) is 11.1 Å². The highest BCUT2D eigenvalue weighted by atomic mass is 16.5. The summed E-state index contributed by atoms with van der Waals surface area (Å²) < 4.78 is 5.80. The second kappa shape index (κ2) is 6.95. The van der Waals surface area contributed by atoms with E-state index < -0.39 is 0 Å². The van der Waals surface area contributed by atoms with Crippen LogP contribution >= 0.6 is 0 Å². The molecule has 0 aliphatic rings. The lowest BCUT2D eigenvalue weighted by molar-refractivity contribution is 0.232. The molecule has 0 atom stereocenters. The molecule has 2 rings (SSSR count). The number of para-hydroxylation sites is 1. The lowest BCUT2D eigenvalue weighted by atomic mass is 10.2. The highest BCUT2D eigenvalue weighted by Gasteiger charge is 2.01. The molecule has 0 saturated heterocycles. The topological polar surface area (TPSA) is 12.5 Å². The van der Waals surface area contributed by atoms with Crippen molar-refractivity contribution >= 4 is 0 Å². The molecule has 19 heavy (non-hydrogen) atoms. The summed E-state index contributed by atoms with van der Waals surface area (Å²) in [7, 11) is 2.12. The molecule has 0 unspecified atom stereocenters. The number of hydrogen-bond donors (Lipinski definition) is 0. The quantitative estimate of drug-likeness (QED) is 0.783. The van der Waals surface area contributed by atoms with Crippen LogP contribution in [0.5, 0.6) is 5.75 Å². The third-order valence-electron chi connectivity index (χ3n) is 3.12. The van der Waals surface area contributed by atoms with Crippen molar-refractivity contribution in [1.82, 2.24) is 4.90 Å². The highest BCUT2D eigenvalue weighted by molar-refractivity contribution is 5.31. The zero-order valence-electron chi connectivity index (χ0n) is 11.7. The number of ether oxygens (including phenoxy) is 1. The second-order valence-electron chi connectivity index (χ2n) is 4.84. The van der Waals surface area contributed by atoms with Gasteiger partial charge in [-0.25, -0.2) is 0 Å². The predicted octanol–water partition coefficient (Wildman–Crippen LogP) is 3.51. The summed E-state index contributed by atoms with van der Waals surface area (Å²) in [5.41, 5.74) is 2.52. The Balaban J connectivity index is 1.75. The smallest absolute Gasteiger partial charge is 0.122 e. The van der Waals surface area contributed by atoms with Crippen LogP contribution in [0, 0.1) is 6.92 Å². The van der Waals surface area contributed by atoms with Gasteiger partial charge >= 0.3 is 0 Å². The fraction of sp³-hybridized carbons (Fsp3) is 0.294. The summed E-state index contributed by atoms with van der Waals surface area (Å²) in [6.45, 7) is 4.67. The number of nitrogens with zero attached hydrogens (tertiary/aromatic N) is 1. The summed E-state index contributed by atoms with van der Waals surface area (Å²) in [5.74, 6) is 0.982. The normalized spacial score (nSPS) is 10.7. The van der Waals surface area contributed by atoms with Crippen molar-refractivity contribution in [3.05, 3.63) is 65.7 Å². The molecule has 0 saturated carbocycles. The van der Waals surface area contributed by atoms with Gasteiger partial charge < -0.3 is 4.74 Å². The largest absolute Gasteiger partial charge is 0.492 e. The van der Waals surface area contributed by atoms with Crippen LogP contribution in [0.1, 0.15) is 11.1 Å². The van der Waals surface area contributed by atoms with Crippen LogP contribution in [0.15, 0.2) is 54.6 Å². The fourth-order valence-electron chi connectivity index (χ4n) is 2.00. The van der Waals surface area contributed by atoms with Crippen molar-refractivity contribution in [2.45, 2.75) is 13.5 Å². The minimum absolute atomic E-state index is 0.716. The molecule has 0 amide bonds. The maximum absolute atomic E-state index is 5.80.